The van der Waals surface area contributed by atoms with Gasteiger partial charge in [-0.2, -0.15) is 18.4 Å². The van der Waals surface area contributed by atoms with Crippen LogP contribution in [0.5, 0.6) is 11.6 Å². The number of hydrogen-bond acceptors (Lipinski definition) is 4. The van der Waals surface area contributed by atoms with Gasteiger partial charge in [-0.15, -0.1) is 0 Å². The van der Waals surface area contributed by atoms with Crippen molar-refractivity contribution in [3.05, 3.63) is 46.1 Å². The average Bonchev–Trinajstić information content (AvgIpc) is 2.41. The lowest BCUT2D eigenvalue weighted by Crippen LogP contribution is -2.09. The molecule has 0 spiro atoms. The minimum atomic E-state index is -4.63. The van der Waals surface area contributed by atoms with Gasteiger partial charge in [0.05, 0.1) is 5.69 Å². The highest BCUT2D eigenvalue weighted by Gasteiger charge is 2.33. The molecule has 1 aromatic heterocycles. The molecule has 0 bridgehead atoms. The third-order valence-electron chi connectivity index (χ3n) is 2.45. The summed E-state index contributed by atoms with van der Waals surface area (Å²) in [5, 5.41) is 8.91. The molecule has 1 aromatic carbocycles. The smallest absolute Gasteiger partial charge is 0.433 e. The molecule has 108 valence electrons. The summed E-state index contributed by atoms with van der Waals surface area (Å²) in [5.74, 6) is -0.331. The van der Waals surface area contributed by atoms with E-state index < -0.39 is 17.8 Å². The van der Waals surface area contributed by atoms with Gasteiger partial charge in [0.1, 0.15) is 17.3 Å². The van der Waals surface area contributed by atoms with Crippen LogP contribution in [0, 0.1) is 11.3 Å². The largest absolute Gasteiger partial charge is 0.436 e. The number of nitrogens with two attached hydrogens (primary N) is 1. The van der Waals surface area contributed by atoms with E-state index in [2.05, 4.69) is 20.9 Å². The third-order valence-corrected chi connectivity index (χ3v) is 2.94. The number of benzene rings is 1. The zero-order valence-electron chi connectivity index (χ0n) is 10.3. The van der Waals surface area contributed by atoms with Crippen molar-refractivity contribution >= 4 is 21.6 Å². The van der Waals surface area contributed by atoms with Crippen LogP contribution in [-0.2, 0) is 6.18 Å². The number of nitrogens with zero attached hydrogens (tertiary/aromatic N) is 2. The zero-order chi connectivity index (χ0) is 15.6. The van der Waals surface area contributed by atoms with Crippen molar-refractivity contribution < 1.29 is 17.9 Å². The van der Waals surface area contributed by atoms with E-state index in [1.54, 1.807) is 12.1 Å². The first-order chi connectivity index (χ1) is 9.81. The van der Waals surface area contributed by atoms with Gasteiger partial charge in [0.25, 0.3) is 0 Å². The summed E-state index contributed by atoms with van der Waals surface area (Å²) < 4.78 is 43.9. The molecule has 8 heteroatoms. The Labute approximate surface area is 126 Å². The summed E-state index contributed by atoms with van der Waals surface area (Å²) in [7, 11) is 0. The number of anilines is 1. The first-order valence-corrected chi connectivity index (χ1v) is 6.32. The molecule has 0 saturated carbocycles. The maximum atomic E-state index is 12.6. The molecular formula is C13H7BrF3N3O. The fourth-order valence-electron chi connectivity index (χ4n) is 1.48. The van der Waals surface area contributed by atoms with E-state index in [4.69, 9.17) is 15.7 Å². The van der Waals surface area contributed by atoms with Crippen molar-refractivity contribution in [2.45, 2.75) is 6.18 Å². The van der Waals surface area contributed by atoms with E-state index >= 15 is 0 Å². The van der Waals surface area contributed by atoms with Crippen LogP contribution in [-0.4, -0.2) is 4.98 Å². The van der Waals surface area contributed by atoms with Crippen molar-refractivity contribution in [2.24, 2.45) is 0 Å². The summed E-state index contributed by atoms with van der Waals surface area (Å²) in [4.78, 5) is 3.34. The van der Waals surface area contributed by atoms with Crippen LogP contribution in [0.3, 0.4) is 0 Å². The fourth-order valence-corrected chi connectivity index (χ4v) is 1.86. The van der Waals surface area contributed by atoms with Gasteiger partial charge in [-0.1, -0.05) is 15.9 Å². The Kier molecular flexibility index (Phi) is 4.04. The molecule has 2 N–H and O–H groups in total. The van der Waals surface area contributed by atoms with E-state index in [1.165, 1.54) is 12.1 Å². The molecule has 0 unspecified atom stereocenters. The molecule has 0 amide bonds. The number of rotatable bonds is 2. The lowest BCUT2D eigenvalue weighted by atomic mass is 10.2. The van der Waals surface area contributed by atoms with Gasteiger partial charge in [-0.25, -0.2) is 4.98 Å². The fraction of sp³-hybridized carbons (Fsp3) is 0.0769. The van der Waals surface area contributed by atoms with E-state index in [-0.39, 0.29) is 17.0 Å². The molecule has 21 heavy (non-hydrogen) atoms. The number of nitrogen functional groups attached to an aromatic ring is 1. The maximum absolute atomic E-state index is 12.6. The Bertz CT molecular complexity index is 726. The predicted molar refractivity (Wildman–Crippen MR) is 72.6 cm³/mol. The van der Waals surface area contributed by atoms with Crippen molar-refractivity contribution in [1.29, 1.82) is 5.26 Å². The first kappa shape index (κ1) is 15.1. The SMILES string of the molecule is N#Cc1ccc(C(F)(F)F)nc1Oc1ccc(Br)cc1N. The van der Waals surface area contributed by atoms with Gasteiger partial charge in [-0.05, 0) is 30.3 Å². The van der Waals surface area contributed by atoms with E-state index in [0.717, 1.165) is 12.1 Å². The minimum absolute atomic E-state index is 0.113. The Morgan fingerprint density at radius 1 is 1.24 bits per heavy atom. The van der Waals surface area contributed by atoms with Crippen molar-refractivity contribution in [1.82, 2.24) is 4.98 Å². The quantitative estimate of drug-likeness (QED) is 0.821. The number of pyridine rings is 1. The monoisotopic (exact) mass is 357 g/mol. The summed E-state index contributed by atoms with van der Waals surface area (Å²) in [5.41, 5.74) is 4.63. The zero-order valence-corrected chi connectivity index (χ0v) is 11.9. The van der Waals surface area contributed by atoms with Gasteiger partial charge in [0.15, 0.2) is 5.75 Å². The second-order valence-corrected chi connectivity index (χ2v) is 4.86. The standard InChI is InChI=1S/C13H7BrF3N3O/c14-8-2-3-10(9(19)5-8)21-12-7(6-18)1-4-11(20-12)13(15,16)17/h1-5H,19H2. The van der Waals surface area contributed by atoms with Crippen molar-refractivity contribution in [3.63, 3.8) is 0 Å². The number of halogens is 4. The molecule has 0 fully saturated rings. The molecule has 1 heterocycles. The lowest BCUT2D eigenvalue weighted by Gasteiger charge is -2.11. The lowest BCUT2D eigenvalue weighted by molar-refractivity contribution is -0.141. The van der Waals surface area contributed by atoms with Gasteiger partial charge in [-0.3, -0.25) is 0 Å². The van der Waals surface area contributed by atoms with Crippen LogP contribution < -0.4 is 10.5 Å². The molecule has 0 radical (unpaired) electrons. The first-order valence-electron chi connectivity index (χ1n) is 5.52. The highest BCUT2D eigenvalue weighted by molar-refractivity contribution is 9.10. The van der Waals surface area contributed by atoms with Crippen molar-refractivity contribution in [3.8, 4) is 17.7 Å². The molecule has 4 nitrogen and oxygen atoms in total. The van der Waals surface area contributed by atoms with Crippen LogP contribution in [0.1, 0.15) is 11.3 Å². The number of nitriles is 1. The molecule has 0 aliphatic rings. The van der Waals surface area contributed by atoms with Crippen LogP contribution in [0.4, 0.5) is 18.9 Å². The second-order valence-electron chi connectivity index (χ2n) is 3.94. The Morgan fingerprint density at radius 2 is 1.95 bits per heavy atom. The molecule has 0 aliphatic carbocycles. The number of hydrogen-bond donors (Lipinski definition) is 1. The average molecular weight is 358 g/mol. The number of alkyl halides is 3. The second kappa shape index (κ2) is 5.61. The molecule has 2 aromatic rings. The van der Waals surface area contributed by atoms with E-state index in [0.29, 0.717) is 4.47 Å². The van der Waals surface area contributed by atoms with E-state index in [1.807, 2.05) is 0 Å². The normalized spacial score (nSPS) is 11.0. The predicted octanol–water partition coefficient (Wildman–Crippen LogP) is 4.11. The highest BCUT2D eigenvalue weighted by atomic mass is 79.9. The van der Waals surface area contributed by atoms with Crippen LogP contribution in [0.2, 0.25) is 0 Å². The number of aromatic nitrogens is 1. The van der Waals surface area contributed by atoms with Crippen LogP contribution in [0.15, 0.2) is 34.8 Å². The topological polar surface area (TPSA) is 71.9 Å². The van der Waals surface area contributed by atoms with Gasteiger partial charge in [0.2, 0.25) is 5.88 Å². The number of ether oxygens (including phenoxy) is 1. The minimum Gasteiger partial charge on any atom is -0.436 e. The van der Waals surface area contributed by atoms with Crippen LogP contribution in [0.25, 0.3) is 0 Å². The summed E-state index contributed by atoms with van der Waals surface area (Å²) in [6, 6.07) is 8.03. The van der Waals surface area contributed by atoms with Gasteiger partial charge in [0, 0.05) is 4.47 Å². The van der Waals surface area contributed by atoms with Gasteiger partial charge < -0.3 is 10.5 Å². The van der Waals surface area contributed by atoms with Crippen molar-refractivity contribution in [2.75, 3.05) is 5.73 Å². The summed E-state index contributed by atoms with van der Waals surface area (Å²) in [6.07, 6.45) is -4.63. The summed E-state index contributed by atoms with van der Waals surface area (Å²) >= 11 is 3.20. The molecule has 0 aliphatic heterocycles. The third kappa shape index (κ3) is 3.44. The maximum Gasteiger partial charge on any atom is 0.433 e. The van der Waals surface area contributed by atoms with Crippen LogP contribution >= 0.6 is 15.9 Å². The van der Waals surface area contributed by atoms with E-state index in [9.17, 15) is 13.2 Å². The molecule has 2 rings (SSSR count). The highest BCUT2D eigenvalue weighted by Crippen LogP contribution is 2.34. The molecule has 0 saturated heterocycles. The summed E-state index contributed by atoms with van der Waals surface area (Å²) in [6.45, 7) is 0. The molecule has 0 atom stereocenters. The Morgan fingerprint density at radius 3 is 2.52 bits per heavy atom. The Balaban J connectivity index is 2.45. The Hall–Kier alpha value is -2.27. The van der Waals surface area contributed by atoms with Gasteiger partial charge >= 0.3 is 6.18 Å². The molecular weight excluding hydrogens is 351 g/mol.